The molecule has 2 nitrogen and oxygen atoms in total. The number of hydrogen-bond donors (Lipinski definition) is 1. The van der Waals surface area contributed by atoms with E-state index in [9.17, 15) is 5.11 Å². The fourth-order valence-corrected chi connectivity index (χ4v) is 1.68. The smallest absolute Gasteiger partial charge is 0.123 e. The highest BCUT2D eigenvalue weighted by Crippen LogP contribution is 2.31. The van der Waals surface area contributed by atoms with Crippen LogP contribution in [0.5, 0.6) is 5.75 Å². The molecule has 13 heavy (non-hydrogen) atoms. The summed E-state index contributed by atoms with van der Waals surface area (Å²) in [4.78, 5) is 0. The van der Waals surface area contributed by atoms with E-state index < -0.39 is 6.10 Å². The lowest BCUT2D eigenvalue weighted by Crippen LogP contribution is -2.05. The zero-order valence-corrected chi connectivity index (χ0v) is 7.95. The van der Waals surface area contributed by atoms with Crippen LogP contribution in [0.2, 0.25) is 0 Å². The van der Waals surface area contributed by atoms with Crippen LogP contribution in [0.1, 0.15) is 31.1 Å². The lowest BCUT2D eigenvalue weighted by molar-refractivity contribution is 0.198. The molecule has 0 saturated carbocycles. The van der Waals surface area contributed by atoms with Gasteiger partial charge in [-0.3, -0.25) is 0 Å². The van der Waals surface area contributed by atoms with E-state index in [4.69, 9.17) is 4.74 Å². The molecule has 70 valence electrons. The van der Waals surface area contributed by atoms with Crippen molar-refractivity contribution in [2.24, 2.45) is 0 Å². The number of hydrogen-bond acceptors (Lipinski definition) is 2. The highest BCUT2D eigenvalue weighted by Gasteiger charge is 2.19. The van der Waals surface area contributed by atoms with Crippen LogP contribution >= 0.6 is 0 Å². The van der Waals surface area contributed by atoms with E-state index in [1.807, 2.05) is 18.2 Å². The summed E-state index contributed by atoms with van der Waals surface area (Å²) in [5.41, 5.74) is 2.17. The van der Waals surface area contributed by atoms with Crippen molar-refractivity contribution >= 4 is 0 Å². The third-order valence-corrected chi connectivity index (χ3v) is 2.41. The van der Waals surface area contributed by atoms with Gasteiger partial charge in [0.1, 0.15) is 11.9 Å². The molecule has 1 aromatic carbocycles. The van der Waals surface area contributed by atoms with E-state index in [1.54, 1.807) is 6.92 Å². The number of benzene rings is 1. The van der Waals surface area contributed by atoms with Gasteiger partial charge in [0.05, 0.1) is 6.10 Å². The van der Waals surface area contributed by atoms with Gasteiger partial charge in [-0.25, -0.2) is 0 Å². The average Bonchev–Trinajstić information content (AvgIpc) is 2.42. The Morgan fingerprint density at radius 3 is 3.00 bits per heavy atom. The van der Waals surface area contributed by atoms with Gasteiger partial charge < -0.3 is 9.84 Å². The quantitative estimate of drug-likeness (QED) is 0.713. The number of rotatable bonds is 1. The molecular formula is C11H14O2. The monoisotopic (exact) mass is 178 g/mol. The number of aliphatic hydroxyl groups is 1. The van der Waals surface area contributed by atoms with Gasteiger partial charge in [0, 0.05) is 6.42 Å². The summed E-state index contributed by atoms with van der Waals surface area (Å²) in [6.45, 7) is 3.82. The molecule has 0 fully saturated rings. The van der Waals surface area contributed by atoms with Gasteiger partial charge in [-0.1, -0.05) is 12.1 Å². The molecule has 0 aliphatic carbocycles. The molecule has 1 heterocycles. The summed E-state index contributed by atoms with van der Waals surface area (Å²) in [6, 6.07) is 5.94. The molecule has 2 rings (SSSR count). The van der Waals surface area contributed by atoms with E-state index in [1.165, 1.54) is 5.56 Å². The SMILES string of the molecule is CC1Cc2ccc(C(C)O)cc2O1. The second-order valence-electron chi connectivity index (χ2n) is 3.68. The van der Waals surface area contributed by atoms with Crippen LogP contribution in [-0.2, 0) is 6.42 Å². The fraction of sp³-hybridized carbons (Fsp3) is 0.455. The molecule has 1 aliphatic rings. The summed E-state index contributed by atoms with van der Waals surface area (Å²) in [5, 5.41) is 9.37. The first-order chi connectivity index (χ1) is 6.16. The predicted octanol–water partition coefficient (Wildman–Crippen LogP) is 2.06. The van der Waals surface area contributed by atoms with Crippen LogP contribution in [0, 0.1) is 0 Å². The summed E-state index contributed by atoms with van der Waals surface area (Å²) < 4.78 is 5.59. The second kappa shape index (κ2) is 3.04. The molecule has 2 unspecified atom stereocenters. The Labute approximate surface area is 78.2 Å². The molecular weight excluding hydrogens is 164 g/mol. The molecule has 1 aliphatic heterocycles. The van der Waals surface area contributed by atoms with Gasteiger partial charge in [0.2, 0.25) is 0 Å². The Morgan fingerprint density at radius 1 is 1.54 bits per heavy atom. The largest absolute Gasteiger partial charge is 0.490 e. The Bertz CT molecular complexity index is 318. The molecule has 0 saturated heterocycles. The van der Waals surface area contributed by atoms with Gasteiger partial charge in [-0.2, -0.15) is 0 Å². The molecule has 0 amide bonds. The van der Waals surface area contributed by atoms with Crippen molar-refractivity contribution in [3.8, 4) is 5.75 Å². The maximum absolute atomic E-state index is 9.37. The lowest BCUT2D eigenvalue weighted by Gasteiger charge is -2.07. The van der Waals surface area contributed by atoms with Gasteiger partial charge >= 0.3 is 0 Å². The maximum Gasteiger partial charge on any atom is 0.123 e. The van der Waals surface area contributed by atoms with Gasteiger partial charge in [-0.05, 0) is 31.0 Å². The zero-order chi connectivity index (χ0) is 9.42. The first-order valence-corrected chi connectivity index (χ1v) is 4.64. The summed E-state index contributed by atoms with van der Waals surface area (Å²) in [6.07, 6.45) is 0.846. The van der Waals surface area contributed by atoms with Crippen LogP contribution in [0.3, 0.4) is 0 Å². The molecule has 2 heteroatoms. The first kappa shape index (κ1) is 8.57. The predicted molar refractivity (Wildman–Crippen MR) is 50.9 cm³/mol. The molecule has 1 aromatic rings. The minimum atomic E-state index is -0.412. The summed E-state index contributed by atoms with van der Waals surface area (Å²) in [7, 11) is 0. The van der Waals surface area contributed by atoms with Crippen LogP contribution in [-0.4, -0.2) is 11.2 Å². The van der Waals surface area contributed by atoms with E-state index in [0.29, 0.717) is 0 Å². The Morgan fingerprint density at radius 2 is 2.31 bits per heavy atom. The molecule has 0 spiro atoms. The van der Waals surface area contributed by atoms with E-state index >= 15 is 0 Å². The van der Waals surface area contributed by atoms with Crippen molar-refractivity contribution in [3.63, 3.8) is 0 Å². The second-order valence-corrected chi connectivity index (χ2v) is 3.68. The van der Waals surface area contributed by atoms with Crippen LogP contribution < -0.4 is 4.74 Å². The van der Waals surface area contributed by atoms with Crippen LogP contribution in [0.4, 0.5) is 0 Å². The summed E-state index contributed by atoms with van der Waals surface area (Å²) in [5.74, 6) is 0.936. The number of ether oxygens (including phenoxy) is 1. The minimum Gasteiger partial charge on any atom is -0.490 e. The molecule has 1 N–H and O–H groups in total. The minimum absolute atomic E-state index is 0.277. The highest BCUT2D eigenvalue weighted by atomic mass is 16.5. The molecule has 0 radical (unpaired) electrons. The highest BCUT2D eigenvalue weighted by molar-refractivity contribution is 5.41. The van der Waals surface area contributed by atoms with Crippen molar-refractivity contribution < 1.29 is 9.84 Å². The first-order valence-electron chi connectivity index (χ1n) is 4.64. The Hall–Kier alpha value is -1.02. The fourth-order valence-electron chi connectivity index (χ4n) is 1.68. The van der Waals surface area contributed by atoms with Crippen molar-refractivity contribution in [1.29, 1.82) is 0 Å². The van der Waals surface area contributed by atoms with Crippen LogP contribution in [0.25, 0.3) is 0 Å². The van der Waals surface area contributed by atoms with Gasteiger partial charge in [-0.15, -0.1) is 0 Å². The topological polar surface area (TPSA) is 29.5 Å². The van der Waals surface area contributed by atoms with E-state index in [2.05, 4.69) is 6.92 Å². The third kappa shape index (κ3) is 1.54. The van der Waals surface area contributed by atoms with Gasteiger partial charge in [0.25, 0.3) is 0 Å². The van der Waals surface area contributed by atoms with Crippen LogP contribution in [0.15, 0.2) is 18.2 Å². The molecule has 0 bridgehead atoms. The number of fused-ring (bicyclic) bond motifs is 1. The normalized spacial score (nSPS) is 22.2. The zero-order valence-electron chi connectivity index (χ0n) is 7.95. The standard InChI is InChI=1S/C11H14O2/c1-7-5-10-4-3-9(8(2)12)6-11(10)13-7/h3-4,6-8,12H,5H2,1-2H3. The van der Waals surface area contributed by atoms with Crippen molar-refractivity contribution in [1.82, 2.24) is 0 Å². The molecule has 2 atom stereocenters. The van der Waals surface area contributed by atoms with E-state index in [0.717, 1.165) is 17.7 Å². The van der Waals surface area contributed by atoms with Crippen molar-refractivity contribution in [3.05, 3.63) is 29.3 Å². The number of aliphatic hydroxyl groups excluding tert-OH is 1. The van der Waals surface area contributed by atoms with E-state index in [-0.39, 0.29) is 6.10 Å². The molecule has 0 aromatic heterocycles. The Balaban J connectivity index is 2.35. The third-order valence-electron chi connectivity index (χ3n) is 2.41. The average molecular weight is 178 g/mol. The van der Waals surface area contributed by atoms with Gasteiger partial charge in [0.15, 0.2) is 0 Å². The Kier molecular flexibility index (Phi) is 2.00. The maximum atomic E-state index is 9.37. The van der Waals surface area contributed by atoms with Crippen molar-refractivity contribution in [2.75, 3.05) is 0 Å². The lowest BCUT2D eigenvalue weighted by atomic mass is 10.1. The summed E-state index contributed by atoms with van der Waals surface area (Å²) >= 11 is 0. The van der Waals surface area contributed by atoms with Crippen molar-refractivity contribution in [2.45, 2.75) is 32.5 Å².